The first-order chi connectivity index (χ1) is 12.7. The minimum absolute atomic E-state index is 0.262. The van der Waals surface area contributed by atoms with Crippen LogP contribution in [0.1, 0.15) is 37.4 Å². The summed E-state index contributed by atoms with van der Waals surface area (Å²) in [6.07, 6.45) is 3.96. The van der Waals surface area contributed by atoms with Crippen molar-refractivity contribution in [3.8, 4) is 11.4 Å². The normalized spacial score (nSPS) is 16.3. The Labute approximate surface area is 155 Å². The van der Waals surface area contributed by atoms with E-state index in [0.717, 1.165) is 67.2 Å². The molecule has 1 aliphatic carbocycles. The summed E-state index contributed by atoms with van der Waals surface area (Å²) < 4.78 is 0. The highest BCUT2D eigenvalue weighted by atomic mass is 16.2. The van der Waals surface area contributed by atoms with Gasteiger partial charge < -0.3 is 9.80 Å². The molecule has 2 heterocycles. The van der Waals surface area contributed by atoms with Crippen LogP contribution in [0.2, 0.25) is 0 Å². The van der Waals surface area contributed by atoms with E-state index >= 15 is 0 Å². The molecule has 0 saturated heterocycles. The number of carbonyl (C=O) groups is 1. The van der Waals surface area contributed by atoms with Crippen molar-refractivity contribution >= 4 is 11.7 Å². The summed E-state index contributed by atoms with van der Waals surface area (Å²) in [5, 5.41) is 0. The van der Waals surface area contributed by atoms with Gasteiger partial charge in [-0.05, 0) is 19.3 Å². The summed E-state index contributed by atoms with van der Waals surface area (Å²) in [5.41, 5.74) is 3.26. The predicted molar refractivity (Wildman–Crippen MR) is 103 cm³/mol. The lowest BCUT2D eigenvalue weighted by Crippen LogP contribution is -2.38. The molecule has 0 unspecified atom stereocenters. The fourth-order valence-electron chi connectivity index (χ4n) is 3.65. The summed E-state index contributed by atoms with van der Waals surface area (Å²) in [4.78, 5) is 26.5. The maximum absolute atomic E-state index is 12.5. The lowest BCUT2D eigenvalue weighted by Gasteiger charge is -2.32. The zero-order valence-corrected chi connectivity index (χ0v) is 15.6. The predicted octanol–water partition coefficient (Wildman–Crippen LogP) is 3.28. The zero-order valence-electron chi connectivity index (χ0n) is 15.6. The highest BCUT2D eigenvalue weighted by Crippen LogP contribution is 2.34. The van der Waals surface area contributed by atoms with Gasteiger partial charge >= 0.3 is 0 Å². The molecule has 2 aliphatic rings. The van der Waals surface area contributed by atoms with E-state index in [1.807, 2.05) is 23.1 Å². The van der Waals surface area contributed by atoms with Gasteiger partial charge in [0.15, 0.2) is 5.82 Å². The highest BCUT2D eigenvalue weighted by Gasteiger charge is 2.36. The van der Waals surface area contributed by atoms with E-state index in [4.69, 9.17) is 9.97 Å². The van der Waals surface area contributed by atoms with Crippen LogP contribution in [0.25, 0.3) is 11.4 Å². The van der Waals surface area contributed by atoms with E-state index < -0.39 is 0 Å². The molecule has 136 valence electrons. The molecular weight excluding hydrogens is 324 g/mol. The molecular formula is C21H26N4O. The first-order valence-corrected chi connectivity index (χ1v) is 9.62. The molecule has 0 atom stereocenters. The average Bonchev–Trinajstić information content (AvgIpc) is 3.52. The van der Waals surface area contributed by atoms with Crippen LogP contribution >= 0.6 is 0 Å². The van der Waals surface area contributed by atoms with Crippen LogP contribution in [0.5, 0.6) is 0 Å². The Bertz CT molecular complexity index is 801. The third-order valence-electron chi connectivity index (χ3n) is 5.23. The number of carbonyl (C=O) groups excluding carboxylic acids is 1. The average molecular weight is 350 g/mol. The number of anilines is 1. The molecule has 1 saturated carbocycles. The van der Waals surface area contributed by atoms with Gasteiger partial charge in [0.05, 0.1) is 12.2 Å². The Hall–Kier alpha value is -2.43. The summed E-state index contributed by atoms with van der Waals surface area (Å²) in [7, 11) is 2.09. The molecule has 1 aliphatic heterocycles. The number of nitrogens with zero attached hydrogens (tertiary/aromatic N) is 4. The molecule has 5 heteroatoms. The second-order valence-corrected chi connectivity index (χ2v) is 7.37. The molecule has 2 aromatic rings. The van der Waals surface area contributed by atoms with Crippen LogP contribution in [0, 0.1) is 5.92 Å². The fraction of sp³-hybridized carbons (Fsp3) is 0.476. The van der Waals surface area contributed by atoms with Crippen molar-refractivity contribution in [1.29, 1.82) is 0 Å². The quantitative estimate of drug-likeness (QED) is 0.830. The minimum Gasteiger partial charge on any atom is -0.359 e. The first kappa shape index (κ1) is 17.0. The largest absolute Gasteiger partial charge is 0.359 e. The van der Waals surface area contributed by atoms with Crippen molar-refractivity contribution in [1.82, 2.24) is 14.9 Å². The smallest absolute Gasteiger partial charge is 0.225 e. The van der Waals surface area contributed by atoms with Crippen LogP contribution in [0.3, 0.4) is 0 Å². The van der Waals surface area contributed by atoms with Crippen LogP contribution in [0.15, 0.2) is 30.3 Å². The van der Waals surface area contributed by atoms with Crippen molar-refractivity contribution in [2.24, 2.45) is 5.92 Å². The van der Waals surface area contributed by atoms with Gasteiger partial charge in [-0.15, -0.1) is 0 Å². The molecule has 1 fully saturated rings. The number of hydrogen-bond acceptors (Lipinski definition) is 4. The monoisotopic (exact) mass is 350 g/mol. The van der Waals surface area contributed by atoms with Gasteiger partial charge in [0.25, 0.3) is 0 Å². The molecule has 1 amide bonds. The molecule has 0 N–H and O–H groups in total. The number of rotatable bonds is 5. The number of fused-ring (bicyclic) bond motifs is 1. The molecule has 0 spiro atoms. The van der Waals surface area contributed by atoms with E-state index in [1.165, 1.54) is 0 Å². The van der Waals surface area contributed by atoms with Crippen LogP contribution in [-0.2, 0) is 17.8 Å². The molecule has 1 aromatic carbocycles. The van der Waals surface area contributed by atoms with Crippen molar-refractivity contribution in [3.05, 3.63) is 41.6 Å². The van der Waals surface area contributed by atoms with Gasteiger partial charge in [-0.2, -0.15) is 0 Å². The summed E-state index contributed by atoms with van der Waals surface area (Å²) in [6, 6.07) is 10.1. The lowest BCUT2D eigenvalue weighted by atomic mass is 10.0. The number of hydrogen-bond donors (Lipinski definition) is 0. The third kappa shape index (κ3) is 3.30. The van der Waals surface area contributed by atoms with Crippen molar-refractivity contribution in [2.75, 3.05) is 25.0 Å². The van der Waals surface area contributed by atoms with Crippen LogP contribution < -0.4 is 4.90 Å². The fourth-order valence-corrected chi connectivity index (χ4v) is 3.65. The number of amides is 1. The maximum Gasteiger partial charge on any atom is 0.225 e. The topological polar surface area (TPSA) is 49.3 Å². The molecule has 0 radical (unpaired) electrons. The van der Waals surface area contributed by atoms with E-state index in [1.54, 1.807) is 0 Å². The first-order valence-electron chi connectivity index (χ1n) is 9.62. The Morgan fingerprint density at radius 2 is 2.00 bits per heavy atom. The van der Waals surface area contributed by atoms with Crippen LogP contribution in [-0.4, -0.2) is 40.9 Å². The Kier molecular flexibility index (Phi) is 4.62. The summed E-state index contributed by atoms with van der Waals surface area (Å²) in [5.74, 6) is 2.33. The highest BCUT2D eigenvalue weighted by molar-refractivity contribution is 5.81. The standard InChI is InChI=1S/C21H26N4O/c1-3-12-24(2)20-17-14-25(21(26)16-9-10-16)13-11-18(17)22-19(23-20)15-7-5-4-6-8-15/h4-8,16H,3,9-14H2,1-2H3. The van der Waals surface area contributed by atoms with Gasteiger partial charge in [-0.25, -0.2) is 9.97 Å². The van der Waals surface area contributed by atoms with E-state index in [0.29, 0.717) is 12.5 Å². The van der Waals surface area contributed by atoms with Gasteiger partial charge in [-0.1, -0.05) is 37.3 Å². The number of benzene rings is 1. The second kappa shape index (κ2) is 7.06. The van der Waals surface area contributed by atoms with Crippen LogP contribution in [0.4, 0.5) is 5.82 Å². The van der Waals surface area contributed by atoms with Gasteiger partial charge in [0.1, 0.15) is 5.82 Å². The van der Waals surface area contributed by atoms with Crippen molar-refractivity contribution < 1.29 is 4.79 Å². The molecule has 5 nitrogen and oxygen atoms in total. The Balaban J connectivity index is 1.72. The van der Waals surface area contributed by atoms with E-state index in [2.05, 4.69) is 31.0 Å². The molecule has 4 rings (SSSR count). The maximum atomic E-state index is 12.5. The van der Waals surface area contributed by atoms with Gasteiger partial charge in [-0.3, -0.25) is 4.79 Å². The van der Waals surface area contributed by atoms with Crippen molar-refractivity contribution in [3.63, 3.8) is 0 Å². The lowest BCUT2D eigenvalue weighted by molar-refractivity contribution is -0.133. The third-order valence-corrected chi connectivity index (χ3v) is 5.23. The molecule has 1 aromatic heterocycles. The Morgan fingerprint density at radius 3 is 2.69 bits per heavy atom. The van der Waals surface area contributed by atoms with E-state index in [9.17, 15) is 4.79 Å². The zero-order chi connectivity index (χ0) is 18.1. The minimum atomic E-state index is 0.262. The molecule has 26 heavy (non-hydrogen) atoms. The van der Waals surface area contributed by atoms with Gasteiger partial charge in [0, 0.05) is 43.6 Å². The number of aromatic nitrogens is 2. The summed E-state index contributed by atoms with van der Waals surface area (Å²) in [6.45, 7) is 4.52. The van der Waals surface area contributed by atoms with Crippen molar-refractivity contribution in [2.45, 2.75) is 39.2 Å². The summed E-state index contributed by atoms with van der Waals surface area (Å²) >= 11 is 0. The van der Waals surface area contributed by atoms with Gasteiger partial charge in [0.2, 0.25) is 5.91 Å². The molecule has 0 bridgehead atoms. The van der Waals surface area contributed by atoms with E-state index in [-0.39, 0.29) is 5.92 Å². The Morgan fingerprint density at radius 1 is 1.23 bits per heavy atom. The SMILES string of the molecule is CCCN(C)c1nc(-c2ccccc2)nc2c1CN(C(=O)C1CC1)CC2. The second-order valence-electron chi connectivity index (χ2n) is 7.37.